The average molecular weight is 451 g/mol. The second-order valence-electron chi connectivity index (χ2n) is 9.55. The number of fused-ring (bicyclic) bond motifs is 1. The molecule has 1 aromatic heterocycles. The van der Waals surface area contributed by atoms with E-state index < -0.39 is 11.7 Å². The molecule has 0 aliphatic carbocycles. The predicted molar refractivity (Wildman–Crippen MR) is 134 cm³/mol. The third kappa shape index (κ3) is 5.38. The van der Waals surface area contributed by atoms with E-state index in [0.717, 1.165) is 16.5 Å². The van der Waals surface area contributed by atoms with Gasteiger partial charge in [-0.1, -0.05) is 44.2 Å². The van der Waals surface area contributed by atoms with Crippen molar-refractivity contribution in [2.24, 2.45) is 5.92 Å². The first-order valence-corrected chi connectivity index (χ1v) is 11.4. The van der Waals surface area contributed by atoms with Gasteiger partial charge in [0.25, 0.3) is 5.56 Å². The molecule has 6 nitrogen and oxygen atoms in total. The van der Waals surface area contributed by atoms with E-state index in [1.165, 1.54) is 4.90 Å². The molecule has 1 amide bonds. The number of hydrogen-bond donors (Lipinski definition) is 0. The second-order valence-corrected chi connectivity index (χ2v) is 9.55. The summed E-state index contributed by atoms with van der Waals surface area (Å²) in [5, 5.41) is 1.32. The number of amides is 1. The summed E-state index contributed by atoms with van der Waals surface area (Å²) >= 11 is 0. The van der Waals surface area contributed by atoms with Crippen molar-refractivity contribution in [3.63, 3.8) is 0 Å². The number of rotatable bonds is 6. The molecule has 0 bridgehead atoms. The maximum absolute atomic E-state index is 13.8. The normalized spacial score (nSPS) is 11.6. The van der Waals surface area contributed by atoms with E-state index in [9.17, 15) is 9.59 Å². The molecule has 0 spiro atoms. The van der Waals surface area contributed by atoms with Crippen LogP contribution in [-0.2, 0) is 11.3 Å². The number of aromatic nitrogens is 1. The molecule has 0 aliphatic heterocycles. The van der Waals surface area contributed by atoms with Gasteiger partial charge in [-0.15, -0.1) is 0 Å². The van der Waals surface area contributed by atoms with Crippen molar-refractivity contribution in [3.8, 4) is 16.9 Å². The third-order valence-electron chi connectivity index (χ3n) is 5.12. The van der Waals surface area contributed by atoms with Crippen molar-refractivity contribution in [2.45, 2.75) is 53.7 Å². The lowest BCUT2D eigenvalue weighted by Gasteiger charge is -2.29. The predicted octanol–water partition coefficient (Wildman–Crippen LogP) is 6.09. The quantitative estimate of drug-likeness (QED) is 0.456. The Hall–Kier alpha value is -3.28. The summed E-state index contributed by atoms with van der Waals surface area (Å²) in [6.07, 6.45) is -0.512. The van der Waals surface area contributed by atoms with Gasteiger partial charge in [-0.05, 0) is 62.8 Å². The molecule has 0 radical (unpaired) electrons. The number of anilines is 1. The minimum Gasteiger partial charge on any atom is -0.494 e. The zero-order valence-corrected chi connectivity index (χ0v) is 20.6. The van der Waals surface area contributed by atoms with Crippen molar-refractivity contribution < 1.29 is 14.3 Å². The Labute approximate surface area is 195 Å². The highest BCUT2D eigenvalue weighted by Crippen LogP contribution is 2.37. The summed E-state index contributed by atoms with van der Waals surface area (Å²) in [5.74, 6) is 1.35. The molecule has 3 aromatic rings. The summed E-state index contributed by atoms with van der Waals surface area (Å²) < 4.78 is 13.0. The molecule has 0 saturated heterocycles. The molecule has 0 N–H and O–H groups in total. The zero-order valence-electron chi connectivity index (χ0n) is 20.6. The van der Waals surface area contributed by atoms with Gasteiger partial charge < -0.3 is 9.47 Å². The van der Waals surface area contributed by atoms with Crippen molar-refractivity contribution in [2.75, 3.05) is 18.6 Å². The highest BCUT2D eigenvalue weighted by molar-refractivity contribution is 6.05. The minimum atomic E-state index is -0.662. The molecule has 2 aromatic carbocycles. The van der Waals surface area contributed by atoms with Gasteiger partial charge in [-0.3, -0.25) is 14.3 Å². The van der Waals surface area contributed by atoms with Crippen LogP contribution in [0.3, 0.4) is 0 Å². The number of nitrogens with zero attached hydrogens (tertiary/aromatic N) is 2. The van der Waals surface area contributed by atoms with Gasteiger partial charge in [0.2, 0.25) is 0 Å². The van der Waals surface area contributed by atoms with E-state index in [0.29, 0.717) is 30.1 Å². The molecular formula is C27H34N2O4. The van der Waals surface area contributed by atoms with Crippen LogP contribution < -0.4 is 15.2 Å². The van der Waals surface area contributed by atoms with E-state index in [-0.39, 0.29) is 11.5 Å². The van der Waals surface area contributed by atoms with Crippen molar-refractivity contribution in [3.05, 3.63) is 58.9 Å². The van der Waals surface area contributed by atoms with Crippen LogP contribution in [0.2, 0.25) is 0 Å². The summed E-state index contributed by atoms with van der Waals surface area (Å²) in [5.41, 5.74) is 0.896. The number of benzene rings is 2. The van der Waals surface area contributed by atoms with Crippen LogP contribution in [0.25, 0.3) is 21.9 Å². The molecule has 0 aliphatic rings. The maximum Gasteiger partial charge on any atom is 0.415 e. The monoisotopic (exact) mass is 450 g/mol. The van der Waals surface area contributed by atoms with Crippen molar-refractivity contribution >= 4 is 22.7 Å². The van der Waals surface area contributed by atoms with E-state index in [1.807, 2.05) is 84.0 Å². The molecule has 0 saturated carbocycles. The lowest BCUT2D eigenvalue weighted by Crippen LogP contribution is -2.38. The van der Waals surface area contributed by atoms with Gasteiger partial charge in [0.15, 0.2) is 0 Å². The summed E-state index contributed by atoms with van der Waals surface area (Å²) in [6, 6.07) is 15.4. The van der Waals surface area contributed by atoms with Crippen LogP contribution in [0.5, 0.6) is 5.75 Å². The van der Waals surface area contributed by atoms with Crippen LogP contribution >= 0.6 is 0 Å². The van der Waals surface area contributed by atoms with Crippen LogP contribution in [0, 0.1) is 5.92 Å². The van der Waals surface area contributed by atoms with Gasteiger partial charge in [0.1, 0.15) is 17.2 Å². The van der Waals surface area contributed by atoms with E-state index in [1.54, 1.807) is 17.7 Å². The Morgan fingerprint density at radius 3 is 2.30 bits per heavy atom. The third-order valence-corrected chi connectivity index (χ3v) is 5.12. The van der Waals surface area contributed by atoms with Crippen LogP contribution in [0.1, 0.15) is 41.5 Å². The zero-order chi connectivity index (χ0) is 24.3. The highest BCUT2D eigenvalue weighted by Gasteiger charge is 2.28. The summed E-state index contributed by atoms with van der Waals surface area (Å²) in [7, 11) is 1.66. The van der Waals surface area contributed by atoms with Crippen LogP contribution in [0.4, 0.5) is 10.6 Å². The number of ether oxygens (including phenoxy) is 2. The Kier molecular flexibility index (Phi) is 7.15. The van der Waals surface area contributed by atoms with Gasteiger partial charge in [-0.25, -0.2) is 4.79 Å². The fourth-order valence-electron chi connectivity index (χ4n) is 3.86. The number of carbonyl (C=O) groups is 1. The molecule has 176 valence electrons. The minimum absolute atomic E-state index is 0.162. The lowest BCUT2D eigenvalue weighted by atomic mass is 9.98. The Morgan fingerprint density at radius 2 is 1.73 bits per heavy atom. The highest BCUT2D eigenvalue weighted by atomic mass is 16.6. The maximum atomic E-state index is 13.8. The molecular weight excluding hydrogens is 416 g/mol. The fourth-order valence-corrected chi connectivity index (χ4v) is 3.86. The van der Waals surface area contributed by atoms with Crippen molar-refractivity contribution in [1.29, 1.82) is 0 Å². The second kappa shape index (κ2) is 9.69. The van der Waals surface area contributed by atoms with Crippen LogP contribution in [-0.4, -0.2) is 29.9 Å². The topological polar surface area (TPSA) is 60.8 Å². The Balaban J connectivity index is 2.42. The molecule has 0 unspecified atom stereocenters. The smallest absolute Gasteiger partial charge is 0.415 e. The average Bonchev–Trinajstić information content (AvgIpc) is 2.74. The molecule has 33 heavy (non-hydrogen) atoms. The van der Waals surface area contributed by atoms with E-state index >= 15 is 0 Å². The standard InChI is InChI=1S/C27H34N2O4/c1-8-32-20-14-15-21-22(16-20)25(30)29(17-18(2)3)24(23(21)19-12-10-9-11-13-19)28(7)26(31)33-27(4,5)6/h9-16,18H,8,17H2,1-7H3. The molecule has 1 heterocycles. The van der Waals surface area contributed by atoms with Gasteiger partial charge in [0.05, 0.1) is 12.0 Å². The molecule has 6 heteroatoms. The van der Waals surface area contributed by atoms with E-state index in [4.69, 9.17) is 9.47 Å². The summed E-state index contributed by atoms with van der Waals surface area (Å²) in [6.45, 7) is 12.5. The largest absolute Gasteiger partial charge is 0.494 e. The summed E-state index contributed by atoms with van der Waals surface area (Å²) in [4.78, 5) is 28.4. The Morgan fingerprint density at radius 1 is 1.06 bits per heavy atom. The number of hydrogen-bond acceptors (Lipinski definition) is 4. The molecule has 3 rings (SSSR count). The first-order chi connectivity index (χ1) is 15.5. The molecule has 0 fully saturated rings. The first kappa shape index (κ1) is 24.4. The fraction of sp³-hybridized carbons (Fsp3) is 0.407. The Bertz CT molecular complexity index is 1190. The lowest BCUT2D eigenvalue weighted by molar-refractivity contribution is 0.0587. The number of carbonyl (C=O) groups excluding carboxylic acids is 1. The first-order valence-electron chi connectivity index (χ1n) is 11.4. The van der Waals surface area contributed by atoms with Gasteiger partial charge in [-0.2, -0.15) is 0 Å². The number of pyridine rings is 1. The van der Waals surface area contributed by atoms with Gasteiger partial charge >= 0.3 is 6.09 Å². The van der Waals surface area contributed by atoms with E-state index in [2.05, 4.69) is 0 Å². The SMILES string of the molecule is CCOc1ccc2c(-c3ccccc3)c(N(C)C(=O)OC(C)(C)C)n(CC(C)C)c(=O)c2c1. The van der Waals surface area contributed by atoms with Gasteiger partial charge in [0, 0.05) is 19.2 Å². The van der Waals surface area contributed by atoms with Crippen LogP contribution in [0.15, 0.2) is 53.3 Å². The van der Waals surface area contributed by atoms with Crippen molar-refractivity contribution in [1.82, 2.24) is 4.57 Å². The molecule has 0 atom stereocenters.